The molecular formula is C14H21NS. The van der Waals surface area contributed by atoms with Crippen LogP contribution in [-0.2, 0) is 0 Å². The first-order valence-corrected chi connectivity index (χ1v) is 7.14. The molecular weight excluding hydrogens is 214 g/mol. The largest absolute Gasteiger partial charge is 0.316 e. The summed E-state index contributed by atoms with van der Waals surface area (Å²) in [4.78, 5) is 1.43. The summed E-state index contributed by atoms with van der Waals surface area (Å²) in [5.74, 6) is 2.20. The molecule has 0 amide bonds. The monoisotopic (exact) mass is 235 g/mol. The predicted octanol–water partition coefficient (Wildman–Crippen LogP) is 3.48. The first-order chi connectivity index (χ1) is 7.79. The summed E-state index contributed by atoms with van der Waals surface area (Å²) in [7, 11) is 2.09. The minimum Gasteiger partial charge on any atom is -0.316 e. The van der Waals surface area contributed by atoms with E-state index in [1.807, 2.05) is 11.8 Å². The molecule has 0 spiro atoms. The van der Waals surface area contributed by atoms with Crippen LogP contribution >= 0.6 is 11.8 Å². The second-order valence-electron chi connectivity index (χ2n) is 4.74. The molecule has 2 rings (SSSR count). The predicted molar refractivity (Wildman–Crippen MR) is 72.1 cm³/mol. The van der Waals surface area contributed by atoms with Gasteiger partial charge in [-0.25, -0.2) is 0 Å². The van der Waals surface area contributed by atoms with Gasteiger partial charge in [0.15, 0.2) is 0 Å². The molecule has 16 heavy (non-hydrogen) atoms. The number of hydrogen-bond donors (Lipinski definition) is 1. The topological polar surface area (TPSA) is 12.0 Å². The summed E-state index contributed by atoms with van der Waals surface area (Å²) in [5.41, 5.74) is 1.40. The lowest BCUT2D eigenvalue weighted by Gasteiger charge is -2.15. The van der Waals surface area contributed by atoms with Gasteiger partial charge in [0.2, 0.25) is 0 Å². The third-order valence-electron chi connectivity index (χ3n) is 3.26. The van der Waals surface area contributed by atoms with E-state index < -0.39 is 0 Å². The van der Waals surface area contributed by atoms with E-state index in [1.165, 1.54) is 35.5 Å². The van der Waals surface area contributed by atoms with Gasteiger partial charge in [-0.2, -0.15) is 0 Å². The van der Waals surface area contributed by atoms with Crippen LogP contribution in [0.15, 0.2) is 29.2 Å². The number of nitrogens with one attached hydrogen (secondary N) is 1. The van der Waals surface area contributed by atoms with Crippen molar-refractivity contribution in [1.82, 2.24) is 5.32 Å². The molecule has 0 radical (unpaired) electrons. The van der Waals surface area contributed by atoms with Gasteiger partial charge in [0.1, 0.15) is 0 Å². The highest BCUT2D eigenvalue weighted by molar-refractivity contribution is 7.99. The van der Waals surface area contributed by atoms with Crippen LogP contribution in [0.5, 0.6) is 0 Å². The molecule has 1 aliphatic rings. The van der Waals surface area contributed by atoms with Crippen molar-refractivity contribution in [3.63, 3.8) is 0 Å². The van der Waals surface area contributed by atoms with Crippen molar-refractivity contribution in [2.24, 2.45) is 5.92 Å². The van der Waals surface area contributed by atoms with Crippen molar-refractivity contribution in [3.05, 3.63) is 29.8 Å². The first-order valence-electron chi connectivity index (χ1n) is 6.15. The lowest BCUT2D eigenvalue weighted by molar-refractivity contribution is 0.536. The molecule has 0 saturated heterocycles. The first kappa shape index (κ1) is 12.0. The quantitative estimate of drug-likeness (QED) is 0.758. The van der Waals surface area contributed by atoms with E-state index in [1.54, 1.807) is 0 Å². The van der Waals surface area contributed by atoms with Gasteiger partial charge in [0, 0.05) is 16.7 Å². The molecule has 1 atom stereocenters. The van der Waals surface area contributed by atoms with Gasteiger partial charge in [-0.1, -0.05) is 31.0 Å². The van der Waals surface area contributed by atoms with Gasteiger partial charge in [0.05, 0.1) is 0 Å². The van der Waals surface area contributed by atoms with E-state index >= 15 is 0 Å². The van der Waals surface area contributed by atoms with Crippen molar-refractivity contribution < 1.29 is 0 Å². The Hall–Kier alpha value is -0.470. The fraction of sp³-hybridized carbons (Fsp3) is 0.571. The minimum atomic E-state index is 0.678. The van der Waals surface area contributed by atoms with Gasteiger partial charge in [-0.15, -0.1) is 11.8 Å². The molecule has 2 heteroatoms. The second kappa shape index (κ2) is 5.74. The van der Waals surface area contributed by atoms with E-state index in [9.17, 15) is 0 Å². The third kappa shape index (κ3) is 3.53. The zero-order valence-electron chi connectivity index (χ0n) is 10.2. The van der Waals surface area contributed by atoms with Gasteiger partial charge in [-0.05, 0) is 37.9 Å². The molecule has 0 aromatic heterocycles. The smallest absolute Gasteiger partial charge is 0.0161 e. The lowest BCUT2D eigenvalue weighted by atomic mass is 10.2. The summed E-state index contributed by atoms with van der Waals surface area (Å²) >= 11 is 1.99. The van der Waals surface area contributed by atoms with Crippen LogP contribution in [0.4, 0.5) is 0 Å². The SMILES string of the molecule is CNC(CSc1ccccc1C)CC1CC1. The van der Waals surface area contributed by atoms with E-state index in [0.29, 0.717) is 6.04 Å². The van der Waals surface area contributed by atoms with Crippen molar-refractivity contribution in [3.8, 4) is 0 Å². The van der Waals surface area contributed by atoms with E-state index in [0.717, 1.165) is 5.92 Å². The molecule has 88 valence electrons. The van der Waals surface area contributed by atoms with E-state index in [2.05, 4.69) is 43.6 Å². The molecule has 0 heterocycles. The standard InChI is InChI=1S/C14H21NS/c1-11-5-3-4-6-14(11)16-10-13(15-2)9-12-7-8-12/h3-6,12-13,15H,7-10H2,1-2H3. The summed E-state index contributed by atoms with van der Waals surface area (Å²) in [6.07, 6.45) is 4.26. The highest BCUT2D eigenvalue weighted by Gasteiger charge is 2.24. The molecule has 1 aliphatic carbocycles. The van der Waals surface area contributed by atoms with Crippen molar-refractivity contribution >= 4 is 11.8 Å². The maximum atomic E-state index is 3.44. The number of benzene rings is 1. The van der Waals surface area contributed by atoms with Crippen LogP contribution < -0.4 is 5.32 Å². The number of thioether (sulfide) groups is 1. The van der Waals surface area contributed by atoms with Crippen LogP contribution in [-0.4, -0.2) is 18.8 Å². The Balaban J connectivity index is 1.82. The Labute approximate surface area is 103 Å². The zero-order chi connectivity index (χ0) is 11.4. The van der Waals surface area contributed by atoms with Gasteiger partial charge in [0.25, 0.3) is 0 Å². The molecule has 1 N–H and O–H groups in total. The van der Waals surface area contributed by atoms with Gasteiger partial charge >= 0.3 is 0 Å². The molecule has 0 bridgehead atoms. The average Bonchev–Trinajstić information content (AvgIpc) is 3.10. The Morgan fingerprint density at radius 1 is 1.38 bits per heavy atom. The molecule has 1 nitrogen and oxygen atoms in total. The van der Waals surface area contributed by atoms with Crippen LogP contribution in [0.3, 0.4) is 0 Å². The minimum absolute atomic E-state index is 0.678. The Bertz CT molecular complexity index is 333. The molecule has 1 aromatic rings. The number of aryl methyl sites for hydroxylation is 1. The Kier molecular flexibility index (Phi) is 4.30. The highest BCUT2D eigenvalue weighted by Crippen LogP contribution is 2.34. The Morgan fingerprint density at radius 2 is 2.12 bits per heavy atom. The third-order valence-corrected chi connectivity index (χ3v) is 4.59. The number of rotatable bonds is 6. The maximum Gasteiger partial charge on any atom is 0.0161 e. The lowest BCUT2D eigenvalue weighted by Crippen LogP contribution is -2.28. The second-order valence-corrected chi connectivity index (χ2v) is 5.80. The van der Waals surface area contributed by atoms with Crippen molar-refractivity contribution in [2.45, 2.75) is 37.1 Å². The molecule has 1 saturated carbocycles. The summed E-state index contributed by atoms with van der Waals surface area (Å²) in [5, 5.41) is 3.44. The summed E-state index contributed by atoms with van der Waals surface area (Å²) in [6.45, 7) is 2.19. The normalized spacial score (nSPS) is 17.4. The fourth-order valence-electron chi connectivity index (χ4n) is 1.93. The molecule has 0 aliphatic heterocycles. The average molecular weight is 235 g/mol. The molecule has 1 aromatic carbocycles. The fourth-order valence-corrected chi connectivity index (χ4v) is 3.09. The number of hydrogen-bond acceptors (Lipinski definition) is 2. The van der Waals surface area contributed by atoms with E-state index in [-0.39, 0.29) is 0 Å². The van der Waals surface area contributed by atoms with Gasteiger partial charge < -0.3 is 5.32 Å². The van der Waals surface area contributed by atoms with Gasteiger partial charge in [-0.3, -0.25) is 0 Å². The molecule has 1 fully saturated rings. The van der Waals surface area contributed by atoms with Crippen LogP contribution in [0.25, 0.3) is 0 Å². The van der Waals surface area contributed by atoms with Crippen LogP contribution in [0, 0.1) is 12.8 Å². The zero-order valence-corrected chi connectivity index (χ0v) is 11.0. The van der Waals surface area contributed by atoms with Crippen LogP contribution in [0.2, 0.25) is 0 Å². The highest BCUT2D eigenvalue weighted by atomic mass is 32.2. The van der Waals surface area contributed by atoms with Crippen LogP contribution in [0.1, 0.15) is 24.8 Å². The van der Waals surface area contributed by atoms with Crippen molar-refractivity contribution in [1.29, 1.82) is 0 Å². The van der Waals surface area contributed by atoms with E-state index in [4.69, 9.17) is 0 Å². The Morgan fingerprint density at radius 3 is 2.75 bits per heavy atom. The maximum absolute atomic E-state index is 3.44. The van der Waals surface area contributed by atoms with Crippen molar-refractivity contribution in [2.75, 3.05) is 12.8 Å². The summed E-state index contributed by atoms with van der Waals surface area (Å²) < 4.78 is 0. The molecule has 1 unspecified atom stereocenters. The summed E-state index contributed by atoms with van der Waals surface area (Å²) in [6, 6.07) is 9.34.